The summed E-state index contributed by atoms with van der Waals surface area (Å²) >= 11 is 0. The summed E-state index contributed by atoms with van der Waals surface area (Å²) in [5, 5.41) is 2.55. The summed E-state index contributed by atoms with van der Waals surface area (Å²) in [6.45, 7) is 0. The van der Waals surface area contributed by atoms with Crippen molar-refractivity contribution in [2.45, 2.75) is 0 Å². The second-order valence-corrected chi connectivity index (χ2v) is 4.65. The molecule has 0 aliphatic heterocycles. The molecule has 23 heavy (non-hydrogen) atoms. The Bertz CT molecular complexity index is 875. The third-order valence-electron chi connectivity index (χ3n) is 3.06. The van der Waals surface area contributed by atoms with Crippen LogP contribution < -0.4 is 15.6 Å². The van der Waals surface area contributed by atoms with Crippen LogP contribution in [0.3, 0.4) is 0 Å². The highest BCUT2D eigenvalue weighted by Gasteiger charge is 2.14. The number of hydrogen-bond acceptors (Lipinski definition) is 4. The van der Waals surface area contributed by atoms with Gasteiger partial charge in [0.2, 0.25) is 0 Å². The number of para-hydroxylation sites is 1. The van der Waals surface area contributed by atoms with E-state index in [4.69, 9.17) is 4.74 Å². The Morgan fingerprint density at radius 3 is 2.70 bits per heavy atom. The average Bonchev–Trinajstić information content (AvgIpc) is 2.58. The zero-order valence-electron chi connectivity index (χ0n) is 12.0. The van der Waals surface area contributed by atoms with Crippen LogP contribution in [0.2, 0.25) is 0 Å². The van der Waals surface area contributed by atoms with Gasteiger partial charge in [0, 0.05) is 18.6 Å². The molecule has 0 spiro atoms. The molecule has 0 bridgehead atoms. The van der Waals surface area contributed by atoms with Crippen LogP contribution in [-0.4, -0.2) is 15.9 Å². The molecule has 114 valence electrons. The van der Waals surface area contributed by atoms with Gasteiger partial charge in [0.15, 0.2) is 0 Å². The predicted molar refractivity (Wildman–Crippen MR) is 85.8 cm³/mol. The number of carbonyl (C=O) groups excluding carboxylic acids is 1. The van der Waals surface area contributed by atoms with Crippen molar-refractivity contribution in [2.75, 3.05) is 5.32 Å². The molecule has 0 saturated carbocycles. The zero-order valence-corrected chi connectivity index (χ0v) is 12.0. The fraction of sp³-hybridized carbons (Fsp3) is 0. The second-order valence-electron chi connectivity index (χ2n) is 4.65. The molecule has 1 aromatic carbocycles. The van der Waals surface area contributed by atoms with Gasteiger partial charge in [-0.05, 0) is 30.3 Å². The number of amides is 1. The molecule has 0 atom stereocenters. The minimum Gasteiger partial charge on any atom is -0.456 e. The molecule has 2 heterocycles. The molecule has 1 amide bonds. The van der Waals surface area contributed by atoms with Crippen LogP contribution in [0.5, 0.6) is 11.5 Å². The number of ether oxygens (including phenoxy) is 1. The van der Waals surface area contributed by atoms with E-state index in [0.29, 0.717) is 11.5 Å². The van der Waals surface area contributed by atoms with Gasteiger partial charge < -0.3 is 15.0 Å². The molecular formula is C17H13N3O3. The third-order valence-corrected chi connectivity index (χ3v) is 3.06. The molecule has 3 rings (SSSR count). The normalized spacial score (nSPS) is 10.1. The number of carbonyl (C=O) groups is 1. The van der Waals surface area contributed by atoms with E-state index in [1.54, 1.807) is 24.3 Å². The first-order chi connectivity index (χ1) is 11.2. The van der Waals surface area contributed by atoms with Crippen molar-refractivity contribution in [1.29, 1.82) is 0 Å². The lowest BCUT2D eigenvalue weighted by Gasteiger charge is -2.10. The topological polar surface area (TPSA) is 84.1 Å². The average molecular weight is 307 g/mol. The Balaban J connectivity index is 1.87. The van der Waals surface area contributed by atoms with E-state index < -0.39 is 5.91 Å². The summed E-state index contributed by atoms with van der Waals surface area (Å²) in [6, 6.07) is 13.8. The predicted octanol–water partition coefficient (Wildman–Crippen LogP) is 2.81. The molecule has 0 fully saturated rings. The van der Waals surface area contributed by atoms with Gasteiger partial charge in [-0.1, -0.05) is 18.2 Å². The highest BCUT2D eigenvalue weighted by atomic mass is 16.5. The number of H-pyrrole nitrogens is 1. The zero-order chi connectivity index (χ0) is 16.1. The minimum atomic E-state index is -0.472. The second kappa shape index (κ2) is 6.57. The Kier molecular flexibility index (Phi) is 4.15. The third kappa shape index (κ3) is 3.44. The molecule has 0 saturated heterocycles. The fourth-order valence-corrected chi connectivity index (χ4v) is 1.97. The van der Waals surface area contributed by atoms with Crippen molar-refractivity contribution in [3.05, 3.63) is 83.0 Å². The van der Waals surface area contributed by atoms with Gasteiger partial charge in [-0.25, -0.2) is 0 Å². The number of nitrogens with one attached hydrogen (secondary N) is 2. The van der Waals surface area contributed by atoms with Crippen molar-refractivity contribution in [3.8, 4) is 11.5 Å². The molecule has 0 aliphatic rings. The summed E-state index contributed by atoms with van der Waals surface area (Å²) in [4.78, 5) is 30.5. The molecule has 0 radical (unpaired) electrons. The van der Waals surface area contributed by atoms with E-state index in [9.17, 15) is 9.59 Å². The van der Waals surface area contributed by atoms with E-state index in [1.807, 2.05) is 18.2 Å². The lowest BCUT2D eigenvalue weighted by atomic mass is 10.2. The highest BCUT2D eigenvalue weighted by Crippen LogP contribution is 2.24. The molecule has 0 aliphatic carbocycles. The smallest absolute Gasteiger partial charge is 0.271 e. The van der Waals surface area contributed by atoms with Crippen molar-refractivity contribution < 1.29 is 9.53 Å². The Morgan fingerprint density at radius 1 is 1.09 bits per heavy atom. The molecule has 3 aromatic rings. The first-order valence-electron chi connectivity index (χ1n) is 6.90. The maximum absolute atomic E-state index is 12.4. The lowest BCUT2D eigenvalue weighted by molar-refractivity contribution is 0.102. The van der Waals surface area contributed by atoms with Crippen LogP contribution in [0.4, 0.5) is 5.69 Å². The van der Waals surface area contributed by atoms with Crippen molar-refractivity contribution in [3.63, 3.8) is 0 Å². The van der Waals surface area contributed by atoms with Crippen LogP contribution >= 0.6 is 0 Å². The van der Waals surface area contributed by atoms with Crippen LogP contribution in [-0.2, 0) is 0 Å². The number of nitrogens with zero attached hydrogens (tertiary/aromatic N) is 1. The first kappa shape index (κ1) is 14.5. The number of aromatic amines is 1. The number of pyridine rings is 2. The van der Waals surface area contributed by atoms with E-state index in [0.717, 1.165) is 0 Å². The Labute approximate surface area is 131 Å². The van der Waals surface area contributed by atoms with Crippen LogP contribution in [0.15, 0.2) is 71.9 Å². The standard InChI is InChI=1S/C17H13N3O3/c21-16(20-14-7-4-9-19-17(14)22)13-11-18-10-8-15(13)23-12-5-2-1-3-6-12/h1-11H,(H,19,22)(H,20,21). The van der Waals surface area contributed by atoms with Gasteiger partial charge in [0.1, 0.15) is 22.7 Å². The summed E-state index contributed by atoms with van der Waals surface area (Å²) in [6.07, 6.45) is 4.42. The number of anilines is 1. The highest BCUT2D eigenvalue weighted by molar-refractivity contribution is 6.05. The van der Waals surface area contributed by atoms with E-state index in [1.165, 1.54) is 24.7 Å². The Morgan fingerprint density at radius 2 is 1.91 bits per heavy atom. The fourth-order valence-electron chi connectivity index (χ4n) is 1.97. The molecule has 2 aromatic heterocycles. The van der Waals surface area contributed by atoms with E-state index >= 15 is 0 Å². The van der Waals surface area contributed by atoms with Crippen molar-refractivity contribution >= 4 is 11.6 Å². The maximum atomic E-state index is 12.4. The van der Waals surface area contributed by atoms with Gasteiger partial charge >= 0.3 is 0 Å². The Hall–Kier alpha value is -3.41. The van der Waals surface area contributed by atoms with E-state index in [2.05, 4.69) is 15.3 Å². The molecule has 0 unspecified atom stereocenters. The van der Waals surface area contributed by atoms with Gasteiger partial charge in [-0.15, -0.1) is 0 Å². The van der Waals surface area contributed by atoms with Gasteiger partial charge in [-0.2, -0.15) is 0 Å². The van der Waals surface area contributed by atoms with Crippen molar-refractivity contribution in [1.82, 2.24) is 9.97 Å². The molecule has 6 nitrogen and oxygen atoms in total. The van der Waals surface area contributed by atoms with Crippen LogP contribution in [0.1, 0.15) is 10.4 Å². The largest absolute Gasteiger partial charge is 0.456 e. The summed E-state index contributed by atoms with van der Waals surface area (Å²) in [5.41, 5.74) is 0.0156. The first-order valence-corrected chi connectivity index (χ1v) is 6.90. The molecule has 2 N–H and O–H groups in total. The van der Waals surface area contributed by atoms with Gasteiger partial charge in [-0.3, -0.25) is 14.6 Å². The number of hydrogen-bond donors (Lipinski definition) is 2. The number of benzene rings is 1. The quantitative estimate of drug-likeness (QED) is 0.776. The number of aromatic nitrogens is 2. The van der Waals surface area contributed by atoms with Crippen molar-refractivity contribution in [2.24, 2.45) is 0 Å². The summed E-state index contributed by atoms with van der Waals surface area (Å²) in [7, 11) is 0. The molecular weight excluding hydrogens is 294 g/mol. The monoisotopic (exact) mass is 307 g/mol. The summed E-state index contributed by atoms with van der Waals surface area (Å²) in [5.74, 6) is 0.488. The minimum absolute atomic E-state index is 0.159. The van der Waals surface area contributed by atoms with Crippen LogP contribution in [0.25, 0.3) is 0 Å². The van der Waals surface area contributed by atoms with Crippen LogP contribution in [0, 0.1) is 0 Å². The SMILES string of the molecule is O=C(Nc1ccc[nH]c1=O)c1cnccc1Oc1ccccc1. The maximum Gasteiger partial charge on any atom is 0.271 e. The lowest BCUT2D eigenvalue weighted by Crippen LogP contribution is -2.19. The number of rotatable bonds is 4. The van der Waals surface area contributed by atoms with Gasteiger partial charge in [0.25, 0.3) is 11.5 Å². The molecule has 6 heteroatoms. The summed E-state index contributed by atoms with van der Waals surface area (Å²) < 4.78 is 5.71. The van der Waals surface area contributed by atoms with Gasteiger partial charge in [0.05, 0.1) is 0 Å². The van der Waals surface area contributed by atoms with E-state index in [-0.39, 0.29) is 16.8 Å².